The van der Waals surface area contributed by atoms with Gasteiger partial charge in [-0.05, 0) is 31.5 Å². The van der Waals surface area contributed by atoms with Crippen LogP contribution < -0.4 is 5.43 Å². The first kappa shape index (κ1) is 15.0. The van der Waals surface area contributed by atoms with E-state index in [2.05, 4.69) is 34.7 Å². The highest BCUT2D eigenvalue weighted by atomic mass is 15.3. The van der Waals surface area contributed by atoms with Crippen molar-refractivity contribution in [3.8, 4) is 5.69 Å². The van der Waals surface area contributed by atoms with Crippen LogP contribution in [0.25, 0.3) is 5.69 Å². The topological polar surface area (TPSA) is 42.2 Å². The van der Waals surface area contributed by atoms with Gasteiger partial charge in [0.2, 0.25) is 0 Å². The van der Waals surface area contributed by atoms with Crippen LogP contribution in [0.3, 0.4) is 0 Å². The summed E-state index contributed by atoms with van der Waals surface area (Å²) in [6.45, 7) is 4.78. The zero-order valence-electron chi connectivity index (χ0n) is 13.4. The van der Waals surface area contributed by atoms with Crippen LogP contribution in [0.4, 0.5) is 0 Å². The second kappa shape index (κ2) is 6.92. The van der Waals surface area contributed by atoms with E-state index in [0.29, 0.717) is 6.54 Å². The minimum Gasteiger partial charge on any atom is -0.306 e. The molecule has 0 unspecified atom stereocenters. The number of nitrogens with zero attached hydrogens (tertiary/aromatic N) is 3. The zero-order valence-corrected chi connectivity index (χ0v) is 13.4. The summed E-state index contributed by atoms with van der Waals surface area (Å²) in [6.07, 6.45) is 1.85. The fourth-order valence-corrected chi connectivity index (χ4v) is 2.51. The standard InChI is InChI=1S/C19H20N4/c1-15-19(14-21-20-13-17-9-5-3-6-10-17)16(2)23(22-15)18-11-7-4-8-12-18/h3-12,14,20H,13H2,1-2H3/b21-14-. The van der Waals surface area contributed by atoms with E-state index in [-0.39, 0.29) is 0 Å². The molecular formula is C19H20N4. The number of nitrogens with one attached hydrogen (secondary N) is 1. The smallest absolute Gasteiger partial charge is 0.0689 e. The summed E-state index contributed by atoms with van der Waals surface area (Å²) < 4.78 is 1.95. The largest absolute Gasteiger partial charge is 0.306 e. The predicted octanol–water partition coefficient (Wildman–Crippen LogP) is 3.61. The summed E-state index contributed by atoms with van der Waals surface area (Å²) in [6, 6.07) is 20.4. The summed E-state index contributed by atoms with van der Waals surface area (Å²) in [4.78, 5) is 0. The molecule has 4 nitrogen and oxygen atoms in total. The Balaban J connectivity index is 1.73. The highest BCUT2D eigenvalue weighted by Crippen LogP contribution is 2.16. The van der Waals surface area contributed by atoms with Crippen LogP contribution in [0, 0.1) is 13.8 Å². The minimum absolute atomic E-state index is 0.711. The first-order valence-electron chi connectivity index (χ1n) is 7.67. The third-order valence-corrected chi connectivity index (χ3v) is 3.76. The molecule has 3 rings (SSSR count). The molecule has 1 N–H and O–H groups in total. The van der Waals surface area contributed by atoms with E-state index in [4.69, 9.17) is 0 Å². The van der Waals surface area contributed by atoms with Gasteiger partial charge in [0.15, 0.2) is 0 Å². The Morgan fingerprint density at radius 1 is 1.00 bits per heavy atom. The third kappa shape index (κ3) is 3.48. The van der Waals surface area contributed by atoms with Crippen molar-refractivity contribution in [1.82, 2.24) is 15.2 Å². The lowest BCUT2D eigenvalue weighted by Gasteiger charge is -2.03. The van der Waals surface area contributed by atoms with Gasteiger partial charge in [-0.15, -0.1) is 0 Å². The van der Waals surface area contributed by atoms with Crippen LogP contribution >= 0.6 is 0 Å². The summed E-state index contributed by atoms with van der Waals surface area (Å²) in [5, 5.41) is 8.95. The molecule has 0 bridgehead atoms. The number of para-hydroxylation sites is 1. The first-order valence-corrected chi connectivity index (χ1v) is 7.67. The number of hydrogen-bond donors (Lipinski definition) is 1. The molecule has 0 amide bonds. The molecule has 1 heterocycles. The summed E-state index contributed by atoms with van der Waals surface area (Å²) in [5.41, 5.74) is 8.45. The quantitative estimate of drug-likeness (QED) is 0.578. The Morgan fingerprint density at radius 2 is 1.65 bits per heavy atom. The van der Waals surface area contributed by atoms with Crippen molar-refractivity contribution in [2.24, 2.45) is 5.10 Å². The number of rotatable bonds is 5. The van der Waals surface area contributed by atoms with Gasteiger partial charge in [0.1, 0.15) is 0 Å². The Hall–Kier alpha value is -2.88. The molecule has 4 heteroatoms. The SMILES string of the molecule is Cc1nn(-c2ccccc2)c(C)c1/C=N\NCc1ccccc1. The Morgan fingerprint density at radius 3 is 2.35 bits per heavy atom. The van der Waals surface area contributed by atoms with E-state index >= 15 is 0 Å². The van der Waals surface area contributed by atoms with Crippen molar-refractivity contribution in [2.45, 2.75) is 20.4 Å². The van der Waals surface area contributed by atoms with E-state index in [9.17, 15) is 0 Å². The van der Waals surface area contributed by atoms with Gasteiger partial charge < -0.3 is 5.43 Å². The van der Waals surface area contributed by atoms with E-state index in [1.807, 2.05) is 66.4 Å². The van der Waals surface area contributed by atoms with E-state index in [0.717, 1.165) is 22.6 Å². The molecule has 0 saturated heterocycles. The fourth-order valence-electron chi connectivity index (χ4n) is 2.51. The zero-order chi connectivity index (χ0) is 16.1. The van der Waals surface area contributed by atoms with Gasteiger partial charge in [0.25, 0.3) is 0 Å². The lowest BCUT2D eigenvalue weighted by molar-refractivity contribution is 0.748. The molecule has 0 aliphatic rings. The number of benzene rings is 2. The van der Waals surface area contributed by atoms with Crippen LogP contribution in [-0.2, 0) is 6.54 Å². The molecule has 0 atom stereocenters. The van der Waals surface area contributed by atoms with Gasteiger partial charge in [0, 0.05) is 5.56 Å². The average Bonchev–Trinajstić information content (AvgIpc) is 2.88. The average molecular weight is 304 g/mol. The van der Waals surface area contributed by atoms with Crippen molar-refractivity contribution >= 4 is 6.21 Å². The van der Waals surface area contributed by atoms with Crippen LogP contribution in [0.2, 0.25) is 0 Å². The van der Waals surface area contributed by atoms with E-state index in [1.54, 1.807) is 0 Å². The van der Waals surface area contributed by atoms with Gasteiger partial charge in [0.05, 0.1) is 29.8 Å². The molecule has 0 spiro atoms. The van der Waals surface area contributed by atoms with Crippen LogP contribution in [-0.4, -0.2) is 16.0 Å². The molecule has 0 fully saturated rings. The van der Waals surface area contributed by atoms with Crippen LogP contribution in [0.1, 0.15) is 22.5 Å². The second-order valence-corrected chi connectivity index (χ2v) is 5.41. The fraction of sp³-hybridized carbons (Fsp3) is 0.158. The lowest BCUT2D eigenvalue weighted by atomic mass is 10.2. The first-order chi connectivity index (χ1) is 11.3. The van der Waals surface area contributed by atoms with Gasteiger partial charge in [-0.1, -0.05) is 48.5 Å². The van der Waals surface area contributed by atoms with E-state index in [1.165, 1.54) is 5.56 Å². The van der Waals surface area contributed by atoms with Gasteiger partial charge >= 0.3 is 0 Å². The number of hydrogen-bond acceptors (Lipinski definition) is 3. The third-order valence-electron chi connectivity index (χ3n) is 3.76. The monoisotopic (exact) mass is 304 g/mol. The molecule has 0 aliphatic heterocycles. The van der Waals surface area contributed by atoms with Crippen molar-refractivity contribution in [3.05, 3.63) is 83.2 Å². The summed E-state index contributed by atoms with van der Waals surface area (Å²) in [7, 11) is 0. The van der Waals surface area contributed by atoms with Gasteiger partial charge in [-0.2, -0.15) is 10.2 Å². The molecule has 3 aromatic rings. The van der Waals surface area contributed by atoms with Crippen molar-refractivity contribution in [3.63, 3.8) is 0 Å². The van der Waals surface area contributed by atoms with Gasteiger partial charge in [-0.25, -0.2) is 4.68 Å². The molecule has 1 aromatic heterocycles. The van der Waals surface area contributed by atoms with Gasteiger partial charge in [-0.3, -0.25) is 0 Å². The maximum Gasteiger partial charge on any atom is 0.0689 e. The van der Waals surface area contributed by atoms with Crippen molar-refractivity contribution < 1.29 is 0 Å². The Bertz CT molecular complexity index is 789. The van der Waals surface area contributed by atoms with Crippen molar-refractivity contribution in [1.29, 1.82) is 0 Å². The maximum atomic E-state index is 4.61. The van der Waals surface area contributed by atoms with Crippen LogP contribution in [0.15, 0.2) is 65.8 Å². The molecule has 23 heavy (non-hydrogen) atoms. The van der Waals surface area contributed by atoms with Crippen molar-refractivity contribution in [2.75, 3.05) is 0 Å². The molecular weight excluding hydrogens is 284 g/mol. The lowest BCUT2D eigenvalue weighted by Crippen LogP contribution is -2.05. The second-order valence-electron chi connectivity index (χ2n) is 5.41. The highest BCUT2D eigenvalue weighted by Gasteiger charge is 2.10. The number of aryl methyl sites for hydroxylation is 1. The highest BCUT2D eigenvalue weighted by molar-refractivity contribution is 5.82. The molecule has 0 aliphatic carbocycles. The number of hydrazone groups is 1. The predicted molar refractivity (Wildman–Crippen MR) is 93.9 cm³/mol. The normalized spacial score (nSPS) is 11.0. The molecule has 0 radical (unpaired) electrons. The van der Waals surface area contributed by atoms with E-state index < -0.39 is 0 Å². The Kier molecular flexibility index (Phi) is 4.52. The minimum atomic E-state index is 0.711. The number of aromatic nitrogens is 2. The maximum absolute atomic E-state index is 4.61. The molecule has 2 aromatic carbocycles. The van der Waals surface area contributed by atoms with Crippen LogP contribution in [0.5, 0.6) is 0 Å². The summed E-state index contributed by atoms with van der Waals surface area (Å²) >= 11 is 0. The molecule has 0 saturated carbocycles. The Labute approximate surface area is 136 Å². The summed E-state index contributed by atoms with van der Waals surface area (Å²) in [5.74, 6) is 0. The molecule has 116 valence electrons.